The molecule has 6 heteroatoms. The number of halogens is 2. The lowest BCUT2D eigenvalue weighted by atomic mass is 10.1. The Morgan fingerprint density at radius 1 is 1.14 bits per heavy atom. The van der Waals surface area contributed by atoms with Gasteiger partial charge in [0.1, 0.15) is 11.5 Å². The van der Waals surface area contributed by atoms with E-state index < -0.39 is 5.92 Å². The van der Waals surface area contributed by atoms with Crippen molar-refractivity contribution in [3.8, 4) is 11.5 Å². The summed E-state index contributed by atoms with van der Waals surface area (Å²) in [5.41, 5.74) is 6.01. The minimum Gasteiger partial charge on any atom is -0.457 e. The van der Waals surface area contributed by atoms with E-state index in [0.29, 0.717) is 30.0 Å². The van der Waals surface area contributed by atoms with E-state index in [1.54, 1.807) is 18.2 Å². The Morgan fingerprint density at radius 2 is 1.86 bits per heavy atom. The highest BCUT2D eigenvalue weighted by Gasteiger charge is 2.23. The van der Waals surface area contributed by atoms with E-state index in [0.717, 1.165) is 17.7 Å². The molecule has 0 spiro atoms. The molecular weight excluding hydrogens is 374 g/mol. The van der Waals surface area contributed by atoms with Crippen molar-refractivity contribution >= 4 is 16.7 Å². The number of rotatable bonds is 7. The molecular formula is C23H24F2N2O2. The van der Waals surface area contributed by atoms with Gasteiger partial charge in [-0.1, -0.05) is 12.1 Å². The molecule has 0 saturated heterocycles. The molecule has 0 radical (unpaired) electrons. The van der Waals surface area contributed by atoms with Crippen LogP contribution >= 0.6 is 0 Å². The van der Waals surface area contributed by atoms with Crippen molar-refractivity contribution in [2.75, 3.05) is 6.54 Å². The fraction of sp³-hybridized carbons (Fsp3) is 0.261. The first-order chi connectivity index (χ1) is 13.8. The molecule has 1 amide bonds. The van der Waals surface area contributed by atoms with Crippen molar-refractivity contribution in [1.82, 2.24) is 5.32 Å². The van der Waals surface area contributed by atoms with Gasteiger partial charge in [-0.3, -0.25) is 4.79 Å². The molecule has 0 aliphatic carbocycles. The Labute approximate surface area is 168 Å². The number of alkyl halides is 2. The number of hydrogen-bond acceptors (Lipinski definition) is 3. The van der Waals surface area contributed by atoms with Crippen molar-refractivity contribution in [3.05, 3.63) is 71.8 Å². The summed E-state index contributed by atoms with van der Waals surface area (Å²) >= 11 is 0. The smallest absolute Gasteiger partial charge is 0.270 e. The Hall–Kier alpha value is -2.99. The lowest BCUT2D eigenvalue weighted by Gasteiger charge is -2.14. The number of nitrogens with one attached hydrogen (secondary N) is 1. The Kier molecular flexibility index (Phi) is 6.13. The maximum absolute atomic E-state index is 13.4. The quantitative estimate of drug-likeness (QED) is 0.574. The zero-order valence-electron chi connectivity index (χ0n) is 16.4. The first kappa shape index (κ1) is 20.7. The fourth-order valence-electron chi connectivity index (χ4n) is 3.06. The van der Waals surface area contributed by atoms with Crippen LogP contribution in [-0.2, 0) is 5.92 Å². The van der Waals surface area contributed by atoms with Gasteiger partial charge in [0.05, 0.1) is 0 Å². The number of amides is 1. The molecule has 3 rings (SSSR count). The first-order valence-corrected chi connectivity index (χ1v) is 9.48. The summed E-state index contributed by atoms with van der Waals surface area (Å²) in [7, 11) is 0. The first-order valence-electron chi connectivity index (χ1n) is 9.48. The molecule has 0 unspecified atom stereocenters. The van der Waals surface area contributed by atoms with E-state index >= 15 is 0 Å². The van der Waals surface area contributed by atoms with Crippen LogP contribution in [0.25, 0.3) is 10.8 Å². The van der Waals surface area contributed by atoms with Crippen LogP contribution in [0.4, 0.5) is 8.78 Å². The fourth-order valence-corrected chi connectivity index (χ4v) is 3.06. The predicted octanol–water partition coefficient (Wildman–Crippen LogP) is 5.21. The lowest BCUT2D eigenvalue weighted by Crippen LogP contribution is -2.34. The second kappa shape index (κ2) is 8.57. The molecule has 152 valence electrons. The number of carbonyl (C=O) groups excluding carboxylic acids is 1. The summed E-state index contributed by atoms with van der Waals surface area (Å²) in [5.74, 6) is -2.00. The topological polar surface area (TPSA) is 64.3 Å². The Morgan fingerprint density at radius 3 is 2.52 bits per heavy atom. The van der Waals surface area contributed by atoms with Gasteiger partial charge in [0, 0.05) is 29.5 Å². The van der Waals surface area contributed by atoms with E-state index in [9.17, 15) is 13.6 Å². The largest absolute Gasteiger partial charge is 0.457 e. The van der Waals surface area contributed by atoms with E-state index in [-0.39, 0.29) is 17.5 Å². The summed E-state index contributed by atoms with van der Waals surface area (Å²) in [6, 6.07) is 16.6. The van der Waals surface area contributed by atoms with E-state index in [4.69, 9.17) is 10.5 Å². The lowest BCUT2D eigenvalue weighted by molar-refractivity contribution is 0.0174. The zero-order chi connectivity index (χ0) is 21.0. The molecule has 0 aliphatic heterocycles. The number of hydrogen-bond donors (Lipinski definition) is 2. The molecule has 3 N–H and O–H groups in total. The molecule has 0 saturated carbocycles. The van der Waals surface area contributed by atoms with E-state index in [1.165, 1.54) is 24.3 Å². The maximum atomic E-state index is 13.4. The standard InChI is InChI=1S/C23H24F2N2O2/c1-15(12-13-26)27-22(28)17-6-11-20-16(14-17)4-3-5-21(20)29-19-9-7-18(8-10-19)23(2,24)25/h3-11,14-15H,12-13,26H2,1-2H3,(H,27,28)/t15-/m1/s1. The van der Waals surface area contributed by atoms with E-state index in [1.807, 2.05) is 25.1 Å². The molecule has 0 fully saturated rings. The van der Waals surface area contributed by atoms with Crippen molar-refractivity contribution in [1.29, 1.82) is 0 Å². The summed E-state index contributed by atoms with van der Waals surface area (Å²) in [6.45, 7) is 3.28. The highest BCUT2D eigenvalue weighted by atomic mass is 19.3. The highest BCUT2D eigenvalue weighted by molar-refractivity contribution is 6.00. The van der Waals surface area contributed by atoms with E-state index in [2.05, 4.69) is 5.32 Å². The van der Waals surface area contributed by atoms with Gasteiger partial charge in [0.2, 0.25) is 0 Å². The molecule has 29 heavy (non-hydrogen) atoms. The number of benzene rings is 3. The van der Waals surface area contributed by atoms with Crippen LogP contribution in [0.3, 0.4) is 0 Å². The SMILES string of the molecule is C[C@H](CCN)NC(=O)c1ccc2c(Oc3ccc(C(C)(F)F)cc3)cccc2c1. The maximum Gasteiger partial charge on any atom is 0.270 e. The third-order valence-corrected chi connectivity index (χ3v) is 4.67. The monoisotopic (exact) mass is 398 g/mol. The summed E-state index contributed by atoms with van der Waals surface area (Å²) < 4.78 is 32.6. The predicted molar refractivity (Wildman–Crippen MR) is 111 cm³/mol. The molecule has 3 aromatic rings. The number of ether oxygens (including phenoxy) is 1. The summed E-state index contributed by atoms with van der Waals surface area (Å²) in [4.78, 5) is 12.4. The number of fused-ring (bicyclic) bond motifs is 1. The van der Waals surface area contributed by atoms with Gasteiger partial charge in [-0.05, 0) is 73.8 Å². The average molecular weight is 398 g/mol. The summed E-state index contributed by atoms with van der Waals surface area (Å²) in [6.07, 6.45) is 0.708. The Bertz CT molecular complexity index is 998. The number of carbonyl (C=O) groups is 1. The van der Waals surface area contributed by atoms with Crippen LogP contribution in [0, 0.1) is 0 Å². The second-order valence-corrected chi connectivity index (χ2v) is 7.16. The van der Waals surface area contributed by atoms with Crippen LogP contribution in [0.15, 0.2) is 60.7 Å². The van der Waals surface area contributed by atoms with Crippen molar-refractivity contribution < 1.29 is 18.3 Å². The molecule has 1 atom stereocenters. The summed E-state index contributed by atoms with van der Waals surface area (Å²) in [5, 5.41) is 4.59. The minimum absolute atomic E-state index is 0.00339. The van der Waals surface area contributed by atoms with Gasteiger partial charge in [-0.15, -0.1) is 0 Å². The van der Waals surface area contributed by atoms with Crippen LogP contribution < -0.4 is 15.8 Å². The van der Waals surface area contributed by atoms with Crippen molar-refractivity contribution in [2.24, 2.45) is 5.73 Å². The molecule has 3 aromatic carbocycles. The van der Waals surface area contributed by atoms with Crippen LogP contribution in [0.1, 0.15) is 36.2 Å². The third kappa shape index (κ3) is 5.09. The molecule has 0 aromatic heterocycles. The van der Waals surface area contributed by atoms with Crippen LogP contribution in [0.5, 0.6) is 11.5 Å². The molecule has 0 aliphatic rings. The van der Waals surface area contributed by atoms with Gasteiger partial charge in [-0.25, -0.2) is 8.78 Å². The van der Waals surface area contributed by atoms with Gasteiger partial charge in [0.25, 0.3) is 11.8 Å². The number of nitrogens with two attached hydrogens (primary N) is 1. The van der Waals surface area contributed by atoms with Gasteiger partial charge in [0.15, 0.2) is 0 Å². The van der Waals surface area contributed by atoms with Crippen molar-refractivity contribution in [3.63, 3.8) is 0 Å². The van der Waals surface area contributed by atoms with Crippen LogP contribution in [0.2, 0.25) is 0 Å². The third-order valence-electron chi connectivity index (χ3n) is 4.67. The highest BCUT2D eigenvalue weighted by Crippen LogP contribution is 2.33. The molecule has 4 nitrogen and oxygen atoms in total. The second-order valence-electron chi connectivity index (χ2n) is 7.16. The van der Waals surface area contributed by atoms with Gasteiger partial charge < -0.3 is 15.8 Å². The zero-order valence-corrected chi connectivity index (χ0v) is 16.4. The molecule has 0 bridgehead atoms. The average Bonchev–Trinajstić information content (AvgIpc) is 2.67. The van der Waals surface area contributed by atoms with Crippen molar-refractivity contribution in [2.45, 2.75) is 32.2 Å². The van der Waals surface area contributed by atoms with Gasteiger partial charge >= 0.3 is 0 Å². The normalized spacial score (nSPS) is 12.6. The molecule has 0 heterocycles. The van der Waals surface area contributed by atoms with Gasteiger partial charge in [-0.2, -0.15) is 0 Å². The van der Waals surface area contributed by atoms with Crippen LogP contribution in [-0.4, -0.2) is 18.5 Å². The Balaban J connectivity index is 1.82. The minimum atomic E-state index is -2.89.